The number of nitrogens with zero attached hydrogens (tertiary/aromatic N) is 1. The minimum Gasteiger partial charge on any atom is -0.335 e. The summed E-state index contributed by atoms with van der Waals surface area (Å²) in [5, 5.41) is 0. The monoisotopic (exact) mass is 365 g/mol. The van der Waals surface area contributed by atoms with Crippen LogP contribution in [0.4, 0.5) is 4.39 Å². The van der Waals surface area contributed by atoms with E-state index in [1.54, 1.807) is 23.1 Å². The first-order chi connectivity index (χ1) is 13.1. The van der Waals surface area contributed by atoms with E-state index in [0.717, 1.165) is 32.1 Å². The van der Waals surface area contributed by atoms with Crippen LogP contribution >= 0.6 is 0 Å². The highest BCUT2D eigenvalue weighted by Crippen LogP contribution is 2.30. The Morgan fingerprint density at radius 2 is 1.78 bits per heavy atom. The Morgan fingerprint density at radius 3 is 2.56 bits per heavy atom. The van der Waals surface area contributed by atoms with E-state index >= 15 is 0 Å². The van der Waals surface area contributed by atoms with Gasteiger partial charge in [0.2, 0.25) is 5.91 Å². The molecule has 4 heteroatoms. The number of carbonyl (C=O) groups is 2. The average Bonchev–Trinajstić information content (AvgIpc) is 3.41. The van der Waals surface area contributed by atoms with Crippen LogP contribution < -0.4 is 0 Å². The average molecular weight is 365 g/mol. The van der Waals surface area contributed by atoms with Crippen molar-refractivity contribution < 1.29 is 14.0 Å². The molecule has 0 N–H and O–H groups in total. The molecule has 0 unspecified atom stereocenters. The number of benzene rings is 2. The smallest absolute Gasteiger partial charge is 0.223 e. The lowest BCUT2D eigenvalue weighted by Gasteiger charge is -2.23. The topological polar surface area (TPSA) is 37.4 Å². The van der Waals surface area contributed by atoms with Gasteiger partial charge in [-0.2, -0.15) is 0 Å². The van der Waals surface area contributed by atoms with Crippen molar-refractivity contribution in [3.05, 3.63) is 70.5 Å². The zero-order valence-corrected chi connectivity index (χ0v) is 15.4. The van der Waals surface area contributed by atoms with Gasteiger partial charge in [-0.15, -0.1) is 0 Å². The molecule has 0 radical (unpaired) electrons. The minimum absolute atomic E-state index is 0.0136. The van der Waals surface area contributed by atoms with Gasteiger partial charge in [-0.05, 0) is 55.4 Å². The fourth-order valence-electron chi connectivity index (χ4n) is 3.87. The number of Topliss-reactive ketones (excluding diaryl/α,β-unsaturated/α-hetero) is 1. The summed E-state index contributed by atoms with van der Waals surface area (Å²) < 4.78 is 13.9. The highest BCUT2D eigenvalue weighted by atomic mass is 19.1. The van der Waals surface area contributed by atoms with Crippen molar-refractivity contribution in [2.75, 3.05) is 0 Å². The molecule has 1 saturated carbocycles. The number of fused-ring (bicyclic) bond motifs is 1. The van der Waals surface area contributed by atoms with E-state index in [1.165, 1.54) is 17.2 Å². The molecule has 0 spiro atoms. The Bertz CT molecular complexity index is 872. The van der Waals surface area contributed by atoms with Gasteiger partial charge in [0.15, 0.2) is 5.78 Å². The van der Waals surface area contributed by atoms with Crippen molar-refractivity contribution in [1.29, 1.82) is 0 Å². The van der Waals surface area contributed by atoms with E-state index in [1.807, 2.05) is 18.2 Å². The van der Waals surface area contributed by atoms with Gasteiger partial charge in [-0.25, -0.2) is 4.39 Å². The number of halogens is 1. The number of ketones is 1. The molecular formula is C23H24FNO2. The summed E-state index contributed by atoms with van der Waals surface area (Å²) in [6.45, 7) is 0.281. The molecule has 0 atom stereocenters. The number of rotatable bonds is 7. The van der Waals surface area contributed by atoms with Crippen molar-refractivity contribution in [1.82, 2.24) is 4.90 Å². The molecule has 0 heterocycles. The first kappa shape index (κ1) is 17.9. The minimum atomic E-state index is -0.287. The molecule has 140 valence electrons. The maximum absolute atomic E-state index is 13.9. The molecular weight excluding hydrogens is 341 g/mol. The van der Waals surface area contributed by atoms with Crippen LogP contribution in [0.2, 0.25) is 0 Å². The predicted octanol–water partition coefficient (Wildman–Crippen LogP) is 4.47. The summed E-state index contributed by atoms with van der Waals surface area (Å²) in [5.41, 5.74) is 3.84. The molecule has 0 aliphatic heterocycles. The van der Waals surface area contributed by atoms with Gasteiger partial charge in [0.05, 0.1) is 0 Å². The van der Waals surface area contributed by atoms with Crippen LogP contribution in [0.15, 0.2) is 42.5 Å². The van der Waals surface area contributed by atoms with Crippen LogP contribution in [0.25, 0.3) is 0 Å². The Kier molecular flexibility index (Phi) is 5.06. The van der Waals surface area contributed by atoms with E-state index in [2.05, 4.69) is 0 Å². The van der Waals surface area contributed by atoms with Crippen LogP contribution in [0, 0.1) is 5.82 Å². The van der Waals surface area contributed by atoms with Crippen LogP contribution in [0.1, 0.15) is 59.2 Å². The van der Waals surface area contributed by atoms with Gasteiger partial charge < -0.3 is 4.90 Å². The van der Waals surface area contributed by atoms with E-state index in [9.17, 15) is 14.0 Å². The van der Waals surface area contributed by atoms with Gasteiger partial charge in [0, 0.05) is 36.6 Å². The third-order valence-electron chi connectivity index (χ3n) is 5.59. The third kappa shape index (κ3) is 4.10. The largest absolute Gasteiger partial charge is 0.335 e. The second kappa shape index (κ2) is 7.63. The van der Waals surface area contributed by atoms with Crippen molar-refractivity contribution in [3.8, 4) is 0 Å². The Labute approximate surface area is 159 Å². The second-order valence-corrected chi connectivity index (χ2v) is 7.60. The van der Waals surface area contributed by atoms with Gasteiger partial charge >= 0.3 is 0 Å². The lowest BCUT2D eigenvalue weighted by atomic mass is 10.0. The number of amides is 1. The number of aryl methyl sites for hydroxylation is 2. The lowest BCUT2D eigenvalue weighted by Crippen LogP contribution is -2.33. The molecule has 2 aromatic rings. The van der Waals surface area contributed by atoms with Crippen molar-refractivity contribution in [2.24, 2.45) is 0 Å². The highest BCUT2D eigenvalue weighted by molar-refractivity contribution is 5.98. The standard InChI is InChI=1S/C23H24FNO2/c24-21-7-2-1-4-19(21)15-25(20-10-11-20)23(27)13-12-22(26)18-9-8-16-5-3-6-17(16)14-18/h1-2,4,7-9,14,20H,3,5-6,10-13,15H2. The third-order valence-corrected chi connectivity index (χ3v) is 5.59. The molecule has 1 amide bonds. The Balaban J connectivity index is 1.38. The van der Waals surface area contributed by atoms with E-state index in [0.29, 0.717) is 11.1 Å². The fourth-order valence-corrected chi connectivity index (χ4v) is 3.87. The van der Waals surface area contributed by atoms with Crippen molar-refractivity contribution in [2.45, 2.75) is 57.5 Å². The molecule has 2 aliphatic carbocycles. The first-order valence-electron chi connectivity index (χ1n) is 9.79. The van der Waals surface area contributed by atoms with Crippen LogP contribution in [-0.2, 0) is 24.2 Å². The highest BCUT2D eigenvalue weighted by Gasteiger charge is 2.33. The maximum Gasteiger partial charge on any atom is 0.223 e. The van der Waals surface area contributed by atoms with Crippen LogP contribution in [0.5, 0.6) is 0 Å². The number of hydrogen-bond acceptors (Lipinski definition) is 2. The van der Waals surface area contributed by atoms with Gasteiger partial charge in [-0.1, -0.05) is 30.3 Å². The molecule has 0 saturated heterocycles. The Morgan fingerprint density at radius 1 is 1.00 bits per heavy atom. The van der Waals surface area contributed by atoms with Gasteiger partial charge in [0.1, 0.15) is 5.82 Å². The molecule has 3 nitrogen and oxygen atoms in total. The lowest BCUT2D eigenvalue weighted by molar-refractivity contribution is -0.132. The Hall–Kier alpha value is -2.49. The molecule has 2 aliphatic rings. The zero-order valence-electron chi connectivity index (χ0n) is 15.4. The molecule has 1 fully saturated rings. The fraction of sp³-hybridized carbons (Fsp3) is 0.391. The quantitative estimate of drug-likeness (QED) is 0.679. The van der Waals surface area contributed by atoms with Gasteiger partial charge in [-0.3, -0.25) is 9.59 Å². The predicted molar refractivity (Wildman–Crippen MR) is 102 cm³/mol. The normalized spacial score (nSPS) is 15.4. The SMILES string of the molecule is O=C(CCC(=O)N(Cc1ccccc1F)C1CC1)c1ccc2c(c1)CCC2. The second-order valence-electron chi connectivity index (χ2n) is 7.60. The molecule has 2 aromatic carbocycles. The summed E-state index contributed by atoms with van der Waals surface area (Å²) in [6.07, 6.45) is 5.58. The molecule has 0 bridgehead atoms. The first-order valence-corrected chi connectivity index (χ1v) is 9.79. The molecule has 27 heavy (non-hydrogen) atoms. The van der Waals surface area contributed by atoms with Crippen molar-refractivity contribution in [3.63, 3.8) is 0 Å². The van der Waals surface area contributed by atoms with Crippen LogP contribution in [-0.4, -0.2) is 22.6 Å². The maximum atomic E-state index is 13.9. The number of carbonyl (C=O) groups excluding carboxylic acids is 2. The number of hydrogen-bond donors (Lipinski definition) is 0. The van der Waals surface area contributed by atoms with Crippen LogP contribution in [0.3, 0.4) is 0 Å². The van der Waals surface area contributed by atoms with E-state index in [4.69, 9.17) is 0 Å². The summed E-state index contributed by atoms with van der Waals surface area (Å²) in [5.74, 6) is -0.333. The van der Waals surface area contributed by atoms with E-state index in [-0.39, 0.29) is 42.9 Å². The summed E-state index contributed by atoms with van der Waals surface area (Å²) >= 11 is 0. The molecule has 0 aromatic heterocycles. The zero-order chi connectivity index (χ0) is 18.8. The summed E-state index contributed by atoms with van der Waals surface area (Å²) in [4.78, 5) is 27.0. The molecule has 4 rings (SSSR count). The van der Waals surface area contributed by atoms with E-state index < -0.39 is 0 Å². The van der Waals surface area contributed by atoms with Gasteiger partial charge in [0.25, 0.3) is 0 Å². The van der Waals surface area contributed by atoms with Crippen molar-refractivity contribution >= 4 is 11.7 Å². The summed E-state index contributed by atoms with van der Waals surface area (Å²) in [6, 6.07) is 12.7. The summed E-state index contributed by atoms with van der Waals surface area (Å²) in [7, 11) is 0.